The largest absolute Gasteiger partial charge is 0.480 e. The zero-order valence-electron chi connectivity index (χ0n) is 14.0. The number of carbonyl (C=O) groups is 4. The third-order valence-corrected chi connectivity index (χ3v) is 4.06. The summed E-state index contributed by atoms with van der Waals surface area (Å²) in [5, 5.41) is 10.6. The van der Waals surface area contributed by atoms with Crippen molar-refractivity contribution < 1.29 is 33.8 Å². The second-order valence-corrected chi connectivity index (χ2v) is 7.08. The molecule has 0 aliphatic rings. The molecule has 1 atom stereocenters. The van der Waals surface area contributed by atoms with Crippen LogP contribution in [0.2, 0.25) is 0 Å². The number of carboxylic acid groups (broad SMARTS) is 1. The molecule has 0 fully saturated rings. The average molecular weight is 369 g/mol. The minimum atomic E-state index is -1.30. The molecule has 0 aliphatic carbocycles. The number of hydrogen-bond donors (Lipinski definition) is 2. The molecule has 136 valence electrons. The normalized spacial score (nSPS) is 12.0. The summed E-state index contributed by atoms with van der Waals surface area (Å²) in [5.41, 5.74) is 0.308. The van der Waals surface area contributed by atoms with E-state index in [0.29, 0.717) is 17.3 Å². The first-order valence-corrected chi connectivity index (χ1v) is 8.03. The van der Waals surface area contributed by atoms with Crippen molar-refractivity contribution in [3.8, 4) is 0 Å². The fraction of sp³-hybridized carbons (Fsp3) is 0.375. The lowest BCUT2D eigenvalue weighted by Crippen LogP contribution is -2.52. The fourth-order valence-electron chi connectivity index (χ4n) is 1.83. The molecule has 0 aliphatic heterocycles. The van der Waals surface area contributed by atoms with Gasteiger partial charge in [-0.1, -0.05) is 18.2 Å². The molecule has 1 aromatic rings. The van der Waals surface area contributed by atoms with Gasteiger partial charge in [0.15, 0.2) is 0 Å². The fourth-order valence-corrected chi connectivity index (χ4v) is 2.64. The van der Waals surface area contributed by atoms with Crippen molar-refractivity contribution in [1.82, 2.24) is 5.32 Å². The molecule has 8 nitrogen and oxygen atoms in total. The van der Waals surface area contributed by atoms with Gasteiger partial charge in [0.25, 0.3) is 0 Å². The van der Waals surface area contributed by atoms with Crippen molar-refractivity contribution in [3.05, 3.63) is 35.9 Å². The van der Waals surface area contributed by atoms with Gasteiger partial charge in [-0.15, -0.1) is 0 Å². The Morgan fingerprint density at radius 3 is 2.28 bits per heavy atom. The van der Waals surface area contributed by atoms with E-state index in [9.17, 15) is 24.3 Å². The summed E-state index contributed by atoms with van der Waals surface area (Å²) >= 11 is 0.580. The van der Waals surface area contributed by atoms with E-state index in [0.717, 1.165) is 0 Å². The summed E-state index contributed by atoms with van der Waals surface area (Å²) in [6, 6.07) is 6.86. The van der Waals surface area contributed by atoms with Crippen molar-refractivity contribution >= 4 is 34.9 Å². The van der Waals surface area contributed by atoms with Gasteiger partial charge in [0.2, 0.25) is 12.7 Å². The van der Waals surface area contributed by atoms with Crippen LogP contribution in [0.1, 0.15) is 31.1 Å². The third-order valence-electron chi connectivity index (χ3n) is 3.01. The van der Waals surface area contributed by atoms with Crippen molar-refractivity contribution in [2.24, 2.45) is 0 Å². The smallest absolute Gasteiger partial charge is 0.370 e. The molecule has 0 aromatic heterocycles. The van der Waals surface area contributed by atoms with Gasteiger partial charge in [0, 0.05) is 6.92 Å². The number of ether oxygens (including phenoxy) is 2. The topological polar surface area (TPSA) is 119 Å². The molecular formula is C16H19NO7S. The molecule has 0 spiro atoms. The monoisotopic (exact) mass is 369 g/mol. The Kier molecular flexibility index (Phi) is 7.43. The lowest BCUT2D eigenvalue weighted by molar-refractivity contribution is -0.142. The maximum Gasteiger partial charge on any atom is 0.370 e. The van der Waals surface area contributed by atoms with Gasteiger partial charge in [0.1, 0.15) is 6.04 Å². The van der Waals surface area contributed by atoms with Gasteiger partial charge >= 0.3 is 17.2 Å². The van der Waals surface area contributed by atoms with E-state index in [-0.39, 0.29) is 0 Å². The van der Waals surface area contributed by atoms with Crippen LogP contribution in [0, 0.1) is 0 Å². The van der Waals surface area contributed by atoms with Crippen molar-refractivity contribution in [2.75, 3.05) is 6.79 Å². The number of hydrogen-bond acceptors (Lipinski definition) is 7. The zero-order valence-corrected chi connectivity index (χ0v) is 14.8. The predicted molar refractivity (Wildman–Crippen MR) is 90.1 cm³/mol. The number of esters is 1. The number of amides is 1. The van der Waals surface area contributed by atoms with E-state index in [1.54, 1.807) is 30.3 Å². The Morgan fingerprint density at radius 2 is 1.76 bits per heavy atom. The van der Waals surface area contributed by atoms with E-state index in [2.05, 4.69) is 5.32 Å². The van der Waals surface area contributed by atoms with Crippen molar-refractivity contribution in [2.45, 2.75) is 31.6 Å². The summed E-state index contributed by atoms with van der Waals surface area (Å²) in [6.07, 6.45) is 0. The first-order chi connectivity index (χ1) is 11.6. The standard InChI is InChI=1S/C16H19NO7S/c1-10(18)17-12(13(19)20)16(2,3)25-15(22)24-9-23-14(21)11-7-5-4-6-8-11/h4-8,12H,9H2,1-3H3,(H,17,18)(H,19,20). The number of rotatable bonds is 7. The summed E-state index contributed by atoms with van der Waals surface area (Å²) in [4.78, 5) is 45.9. The van der Waals surface area contributed by atoms with Gasteiger partial charge in [-0.3, -0.25) is 4.79 Å². The van der Waals surface area contributed by atoms with Crippen LogP contribution in [0.15, 0.2) is 30.3 Å². The highest BCUT2D eigenvalue weighted by molar-refractivity contribution is 8.14. The van der Waals surface area contributed by atoms with E-state index < -0.39 is 40.7 Å². The Morgan fingerprint density at radius 1 is 1.16 bits per heavy atom. The number of benzene rings is 1. The first kappa shape index (κ1) is 20.5. The molecule has 1 aromatic carbocycles. The van der Waals surface area contributed by atoms with Crippen LogP contribution in [0.4, 0.5) is 4.79 Å². The predicted octanol–water partition coefficient (Wildman–Crippen LogP) is 2.04. The Bertz CT molecular complexity index is 645. The highest BCUT2D eigenvalue weighted by Crippen LogP contribution is 2.30. The van der Waals surface area contributed by atoms with Crippen molar-refractivity contribution in [1.29, 1.82) is 0 Å². The number of thioether (sulfide) groups is 1. The van der Waals surface area contributed by atoms with Crippen LogP contribution in [0.3, 0.4) is 0 Å². The number of carboxylic acids is 1. The van der Waals surface area contributed by atoms with Gasteiger partial charge in [-0.2, -0.15) is 0 Å². The van der Waals surface area contributed by atoms with Crippen molar-refractivity contribution in [3.63, 3.8) is 0 Å². The van der Waals surface area contributed by atoms with E-state index in [1.165, 1.54) is 20.8 Å². The Balaban J connectivity index is 2.53. The second kappa shape index (κ2) is 9.07. The maximum absolute atomic E-state index is 11.8. The van der Waals surface area contributed by atoms with Gasteiger partial charge < -0.3 is 19.9 Å². The molecule has 1 amide bonds. The molecule has 0 saturated heterocycles. The summed E-state index contributed by atoms with van der Waals surface area (Å²) in [7, 11) is 0. The Labute approximate surface area is 148 Å². The molecule has 25 heavy (non-hydrogen) atoms. The molecule has 0 heterocycles. The van der Waals surface area contributed by atoms with Gasteiger partial charge in [-0.25, -0.2) is 14.4 Å². The minimum Gasteiger partial charge on any atom is -0.480 e. The second-order valence-electron chi connectivity index (χ2n) is 5.49. The average Bonchev–Trinajstić information content (AvgIpc) is 2.52. The third kappa shape index (κ3) is 6.84. The quantitative estimate of drug-likeness (QED) is 0.553. The van der Waals surface area contributed by atoms with Gasteiger partial charge in [-0.05, 0) is 37.7 Å². The summed E-state index contributed by atoms with van der Waals surface area (Å²) < 4.78 is 8.40. The molecule has 1 unspecified atom stereocenters. The van der Waals surface area contributed by atoms with Crippen LogP contribution in [-0.2, 0) is 19.1 Å². The SMILES string of the molecule is CC(=O)NC(C(=O)O)C(C)(C)SC(=O)OCOC(=O)c1ccccc1. The summed E-state index contributed by atoms with van der Waals surface area (Å²) in [6.45, 7) is 3.53. The van der Waals surface area contributed by atoms with E-state index >= 15 is 0 Å². The summed E-state index contributed by atoms with van der Waals surface area (Å²) in [5.74, 6) is -2.47. The molecule has 0 bridgehead atoms. The molecule has 0 radical (unpaired) electrons. The molecule has 9 heteroatoms. The van der Waals surface area contributed by atoms with Gasteiger partial charge in [0.05, 0.1) is 10.3 Å². The zero-order chi connectivity index (χ0) is 19.0. The van der Waals surface area contributed by atoms with Crippen LogP contribution >= 0.6 is 11.8 Å². The minimum absolute atomic E-state index is 0.308. The number of nitrogens with one attached hydrogen (secondary N) is 1. The van der Waals surface area contributed by atoms with Crippen LogP contribution in [-0.4, -0.2) is 45.8 Å². The van der Waals surface area contributed by atoms with E-state index in [4.69, 9.17) is 9.47 Å². The molecule has 1 rings (SSSR count). The molecule has 0 saturated carbocycles. The Hall–Kier alpha value is -2.55. The maximum atomic E-state index is 11.8. The van der Waals surface area contributed by atoms with Crippen LogP contribution < -0.4 is 5.32 Å². The highest BCUT2D eigenvalue weighted by Gasteiger charge is 2.39. The first-order valence-electron chi connectivity index (χ1n) is 7.21. The molecular weight excluding hydrogens is 350 g/mol. The van der Waals surface area contributed by atoms with Crippen LogP contribution in [0.25, 0.3) is 0 Å². The number of carbonyl (C=O) groups excluding carboxylic acids is 3. The number of aliphatic carboxylic acids is 1. The molecule has 2 N–H and O–H groups in total. The van der Waals surface area contributed by atoms with E-state index in [1.807, 2.05) is 0 Å². The lowest BCUT2D eigenvalue weighted by atomic mass is 10.0. The lowest BCUT2D eigenvalue weighted by Gasteiger charge is -2.29. The van der Waals surface area contributed by atoms with Crippen LogP contribution in [0.5, 0.6) is 0 Å². The highest BCUT2D eigenvalue weighted by atomic mass is 32.2.